The van der Waals surface area contributed by atoms with Crippen molar-refractivity contribution in [3.8, 4) is 11.4 Å². The molecule has 1 heterocycles. The molecule has 0 aliphatic heterocycles. The first kappa shape index (κ1) is 36.5. The van der Waals surface area contributed by atoms with E-state index in [1.165, 1.54) is 28.8 Å². The zero-order chi connectivity index (χ0) is 36.4. The summed E-state index contributed by atoms with van der Waals surface area (Å²) >= 11 is 0. The highest BCUT2D eigenvalue weighted by molar-refractivity contribution is 6.03. The van der Waals surface area contributed by atoms with Gasteiger partial charge in [-0.15, -0.1) is 13.2 Å². The van der Waals surface area contributed by atoms with Crippen molar-refractivity contribution in [2.24, 2.45) is 11.8 Å². The van der Waals surface area contributed by atoms with Gasteiger partial charge in [0.15, 0.2) is 5.78 Å². The maximum atomic E-state index is 14.3. The number of hydrogen-bond acceptors (Lipinski definition) is 5. The van der Waals surface area contributed by atoms with Crippen molar-refractivity contribution >= 4 is 28.6 Å². The second-order valence-electron chi connectivity index (χ2n) is 13.4. The molecule has 1 aliphatic carbocycles. The fraction of sp³-hybridized carbons (Fsp3) is 0.378. The van der Waals surface area contributed by atoms with Crippen molar-refractivity contribution in [1.82, 2.24) is 9.88 Å². The van der Waals surface area contributed by atoms with Crippen LogP contribution in [0.2, 0.25) is 0 Å². The fourth-order valence-corrected chi connectivity index (χ4v) is 5.75. The molecule has 3 aromatic carbocycles. The predicted octanol–water partition coefficient (Wildman–Crippen LogP) is 8.85. The lowest BCUT2D eigenvalue weighted by Crippen LogP contribution is -2.29. The molecule has 0 spiro atoms. The van der Waals surface area contributed by atoms with Crippen molar-refractivity contribution in [3.63, 3.8) is 0 Å². The van der Waals surface area contributed by atoms with Crippen LogP contribution in [0.1, 0.15) is 78.4 Å². The Morgan fingerprint density at radius 2 is 1.54 bits per heavy atom. The summed E-state index contributed by atoms with van der Waals surface area (Å²) in [5, 5.41) is 2.92. The molecular formula is C37H36F6N2O5. The van der Waals surface area contributed by atoms with Gasteiger partial charge in [0.2, 0.25) is 0 Å². The Labute approximate surface area is 284 Å². The number of aromatic nitrogens is 1. The number of carbonyl (C=O) groups excluding carboxylic acids is 3. The molecular weight excluding hydrogens is 666 g/mol. The molecule has 0 saturated heterocycles. The van der Waals surface area contributed by atoms with Gasteiger partial charge in [0.25, 0.3) is 5.91 Å². The number of esters is 1. The van der Waals surface area contributed by atoms with Crippen molar-refractivity contribution in [2.75, 3.05) is 6.54 Å². The van der Waals surface area contributed by atoms with Gasteiger partial charge < -0.3 is 19.4 Å². The van der Waals surface area contributed by atoms with Crippen LogP contribution in [0.4, 0.5) is 26.3 Å². The highest BCUT2D eigenvalue weighted by Gasteiger charge is 2.34. The van der Waals surface area contributed by atoms with Crippen LogP contribution < -0.4 is 10.1 Å². The molecule has 5 rings (SSSR count). The van der Waals surface area contributed by atoms with E-state index in [9.17, 15) is 40.7 Å². The van der Waals surface area contributed by atoms with Crippen LogP contribution in [0.25, 0.3) is 16.6 Å². The van der Waals surface area contributed by atoms with Gasteiger partial charge in [0.1, 0.15) is 11.4 Å². The number of alkyl halides is 6. The van der Waals surface area contributed by atoms with Crippen LogP contribution in [0, 0.1) is 11.8 Å². The van der Waals surface area contributed by atoms with Gasteiger partial charge in [-0.2, -0.15) is 13.2 Å². The smallest absolute Gasteiger partial charge is 0.460 e. The van der Waals surface area contributed by atoms with Crippen molar-refractivity contribution in [2.45, 2.75) is 71.0 Å². The molecule has 1 aliphatic rings. The SMILES string of the molecule is CC(C)(C)OC(=O)CCNC(=O)c1ccc(CC(CC2CC2)C(=O)c2cc3cc(OC(F)(F)F)ccc3n2-c2ccc(C(F)(F)F)cc2)cc1. The summed E-state index contributed by atoms with van der Waals surface area (Å²) in [6, 6.07) is 15.8. The van der Waals surface area contributed by atoms with E-state index in [-0.39, 0.29) is 47.8 Å². The standard InChI is InChI=1S/C37H36F6N2O5/c1-35(2,3)50-32(46)16-17-44-34(48)24-8-6-23(7-9-24)19-26(18-22-4-5-22)33(47)31-21-25-20-29(49-37(41,42)43)14-15-30(25)45(31)28-12-10-27(11-13-28)36(38,39)40/h6-15,20-22,26H,4-5,16-19H2,1-3H3,(H,44,48). The van der Waals surface area contributed by atoms with E-state index in [0.29, 0.717) is 23.4 Å². The van der Waals surface area contributed by atoms with Gasteiger partial charge in [0, 0.05) is 29.1 Å². The minimum Gasteiger partial charge on any atom is -0.460 e. The molecule has 1 fully saturated rings. The van der Waals surface area contributed by atoms with E-state index in [4.69, 9.17) is 4.74 Å². The van der Waals surface area contributed by atoms with E-state index < -0.39 is 41.3 Å². The number of hydrogen-bond donors (Lipinski definition) is 1. The van der Waals surface area contributed by atoms with Crippen molar-refractivity contribution in [1.29, 1.82) is 0 Å². The third-order valence-corrected chi connectivity index (χ3v) is 8.13. The van der Waals surface area contributed by atoms with E-state index in [2.05, 4.69) is 10.1 Å². The van der Waals surface area contributed by atoms with Gasteiger partial charge >= 0.3 is 18.5 Å². The molecule has 50 heavy (non-hydrogen) atoms. The van der Waals surface area contributed by atoms with Crippen LogP contribution in [0.15, 0.2) is 72.8 Å². The number of nitrogens with one attached hydrogen (secondary N) is 1. The number of nitrogens with zero attached hydrogens (tertiary/aromatic N) is 1. The number of amides is 1. The Morgan fingerprint density at radius 1 is 0.880 bits per heavy atom. The molecule has 1 saturated carbocycles. The number of rotatable bonds is 12. The highest BCUT2D eigenvalue weighted by Crippen LogP contribution is 2.39. The summed E-state index contributed by atoms with van der Waals surface area (Å²) in [5.41, 5.74) is 0.232. The van der Waals surface area contributed by atoms with E-state index in [1.54, 1.807) is 45.0 Å². The summed E-state index contributed by atoms with van der Waals surface area (Å²) in [6.07, 6.45) is -6.85. The second kappa shape index (κ2) is 14.2. The molecule has 1 atom stereocenters. The minimum atomic E-state index is -4.95. The van der Waals surface area contributed by atoms with Crippen LogP contribution in [-0.2, 0) is 22.1 Å². The predicted molar refractivity (Wildman–Crippen MR) is 173 cm³/mol. The zero-order valence-electron chi connectivity index (χ0n) is 27.6. The van der Waals surface area contributed by atoms with E-state index in [1.807, 2.05) is 0 Å². The van der Waals surface area contributed by atoms with Crippen LogP contribution >= 0.6 is 0 Å². The number of halogens is 6. The zero-order valence-corrected chi connectivity index (χ0v) is 27.6. The maximum absolute atomic E-state index is 14.3. The van der Waals surface area contributed by atoms with Crippen molar-refractivity contribution < 1.29 is 50.2 Å². The number of carbonyl (C=O) groups is 3. The van der Waals surface area contributed by atoms with Crippen LogP contribution in [0.5, 0.6) is 5.75 Å². The summed E-state index contributed by atoms with van der Waals surface area (Å²) in [7, 11) is 0. The largest absolute Gasteiger partial charge is 0.573 e. The molecule has 0 radical (unpaired) electrons. The minimum absolute atomic E-state index is 0.00588. The summed E-state index contributed by atoms with van der Waals surface area (Å²) in [4.78, 5) is 38.9. The summed E-state index contributed by atoms with van der Waals surface area (Å²) in [5.74, 6) is -1.92. The molecule has 13 heteroatoms. The summed E-state index contributed by atoms with van der Waals surface area (Å²) in [6.45, 7) is 5.34. The van der Waals surface area contributed by atoms with Gasteiger partial charge in [-0.3, -0.25) is 14.4 Å². The van der Waals surface area contributed by atoms with E-state index in [0.717, 1.165) is 42.7 Å². The Kier molecular flexibility index (Phi) is 10.4. The number of ether oxygens (including phenoxy) is 2. The number of Topliss-reactive ketones (excluding diaryl/α,β-unsaturated/α-hetero) is 1. The fourth-order valence-electron chi connectivity index (χ4n) is 5.75. The lowest BCUT2D eigenvalue weighted by atomic mass is 9.88. The first-order chi connectivity index (χ1) is 23.4. The third-order valence-electron chi connectivity index (χ3n) is 8.13. The monoisotopic (exact) mass is 702 g/mol. The third kappa shape index (κ3) is 9.66. The topological polar surface area (TPSA) is 86.6 Å². The van der Waals surface area contributed by atoms with Gasteiger partial charge in [-0.1, -0.05) is 25.0 Å². The second-order valence-corrected chi connectivity index (χ2v) is 13.4. The van der Waals surface area contributed by atoms with Crippen molar-refractivity contribution in [3.05, 3.63) is 95.2 Å². The maximum Gasteiger partial charge on any atom is 0.573 e. The molecule has 1 aromatic heterocycles. The lowest BCUT2D eigenvalue weighted by Gasteiger charge is -2.19. The normalized spacial score (nSPS) is 14.3. The Bertz CT molecular complexity index is 1850. The molecule has 266 valence electrons. The first-order valence-electron chi connectivity index (χ1n) is 16.1. The number of benzene rings is 3. The average Bonchev–Trinajstić information content (AvgIpc) is 3.75. The molecule has 1 amide bonds. The lowest BCUT2D eigenvalue weighted by molar-refractivity contribution is -0.274. The Balaban J connectivity index is 1.40. The Hall–Kier alpha value is -4.81. The average molecular weight is 703 g/mol. The van der Waals surface area contributed by atoms with Crippen LogP contribution in [0.3, 0.4) is 0 Å². The quantitative estimate of drug-likeness (QED) is 0.0906. The number of ketones is 1. The van der Waals surface area contributed by atoms with Gasteiger partial charge in [-0.25, -0.2) is 0 Å². The van der Waals surface area contributed by atoms with Gasteiger partial charge in [0.05, 0.1) is 23.2 Å². The van der Waals surface area contributed by atoms with E-state index >= 15 is 0 Å². The first-order valence-corrected chi connectivity index (χ1v) is 16.1. The number of fused-ring (bicyclic) bond motifs is 1. The summed E-state index contributed by atoms with van der Waals surface area (Å²) < 4.78 is 89.7. The molecule has 4 aromatic rings. The molecule has 0 bridgehead atoms. The molecule has 1 N–H and O–H groups in total. The highest BCUT2D eigenvalue weighted by atomic mass is 19.4. The Morgan fingerprint density at radius 3 is 2.12 bits per heavy atom. The molecule has 1 unspecified atom stereocenters. The van der Waals surface area contributed by atoms with Gasteiger partial charge in [-0.05, 0) is 106 Å². The molecule has 7 nitrogen and oxygen atoms in total. The van der Waals surface area contributed by atoms with Crippen LogP contribution in [-0.4, -0.2) is 40.7 Å².